The molecule has 1 atom stereocenters. The van der Waals surface area contributed by atoms with Crippen molar-refractivity contribution in [1.82, 2.24) is 15.3 Å². The molecule has 1 aromatic rings. The predicted octanol–water partition coefficient (Wildman–Crippen LogP) is 1.96. The Hall–Kier alpha value is -1.16. The zero-order valence-electron chi connectivity index (χ0n) is 11.3. The molecule has 1 aromatic heterocycles. The highest BCUT2D eigenvalue weighted by Crippen LogP contribution is 2.35. The van der Waals surface area contributed by atoms with Gasteiger partial charge >= 0.3 is 0 Å². The molecule has 1 unspecified atom stereocenters. The molecule has 0 radical (unpaired) electrons. The molecule has 0 saturated heterocycles. The van der Waals surface area contributed by atoms with Crippen molar-refractivity contribution in [2.45, 2.75) is 51.2 Å². The third-order valence-corrected chi connectivity index (χ3v) is 4.09. The summed E-state index contributed by atoms with van der Waals surface area (Å²) in [6, 6.07) is 1.29. The van der Waals surface area contributed by atoms with Crippen molar-refractivity contribution in [2.24, 2.45) is 5.92 Å². The molecular formula is C14H22N4. The first-order valence-electron chi connectivity index (χ1n) is 7.01. The minimum absolute atomic E-state index is 0.556. The van der Waals surface area contributed by atoms with Gasteiger partial charge in [0.05, 0.1) is 0 Å². The third kappa shape index (κ3) is 2.80. The van der Waals surface area contributed by atoms with Crippen LogP contribution in [0.1, 0.15) is 38.2 Å². The summed E-state index contributed by atoms with van der Waals surface area (Å²) >= 11 is 0. The van der Waals surface area contributed by atoms with Crippen molar-refractivity contribution in [3.05, 3.63) is 18.0 Å². The lowest BCUT2D eigenvalue weighted by atomic mass is 10.2. The Morgan fingerprint density at radius 3 is 2.50 bits per heavy atom. The van der Waals surface area contributed by atoms with E-state index in [0.29, 0.717) is 6.04 Å². The van der Waals surface area contributed by atoms with E-state index in [-0.39, 0.29) is 0 Å². The van der Waals surface area contributed by atoms with Crippen LogP contribution in [0, 0.1) is 5.92 Å². The Morgan fingerprint density at radius 2 is 1.94 bits per heavy atom. The van der Waals surface area contributed by atoms with Gasteiger partial charge in [0.25, 0.3) is 0 Å². The number of anilines is 1. The summed E-state index contributed by atoms with van der Waals surface area (Å²) < 4.78 is 0. The van der Waals surface area contributed by atoms with Crippen molar-refractivity contribution in [1.29, 1.82) is 0 Å². The van der Waals surface area contributed by atoms with Crippen molar-refractivity contribution in [2.75, 3.05) is 11.9 Å². The van der Waals surface area contributed by atoms with Crippen molar-refractivity contribution < 1.29 is 0 Å². The quantitative estimate of drug-likeness (QED) is 0.833. The van der Waals surface area contributed by atoms with Crippen molar-refractivity contribution >= 4 is 5.95 Å². The predicted molar refractivity (Wildman–Crippen MR) is 72.5 cm³/mol. The van der Waals surface area contributed by atoms with E-state index in [2.05, 4.69) is 34.2 Å². The van der Waals surface area contributed by atoms with E-state index in [1.807, 2.05) is 12.4 Å². The summed E-state index contributed by atoms with van der Waals surface area (Å²) in [5.74, 6) is 1.69. The summed E-state index contributed by atoms with van der Waals surface area (Å²) in [7, 11) is 2.10. The van der Waals surface area contributed by atoms with Crippen LogP contribution in [-0.4, -0.2) is 29.1 Å². The van der Waals surface area contributed by atoms with E-state index in [9.17, 15) is 0 Å². The summed E-state index contributed by atoms with van der Waals surface area (Å²) in [6.45, 7) is 3.16. The number of nitrogens with one attached hydrogen (secondary N) is 1. The van der Waals surface area contributed by atoms with Crippen LogP contribution in [0.2, 0.25) is 0 Å². The minimum atomic E-state index is 0.556. The van der Waals surface area contributed by atoms with Gasteiger partial charge in [0.1, 0.15) is 0 Å². The molecule has 0 aromatic carbocycles. The maximum absolute atomic E-state index is 4.48. The largest absolute Gasteiger partial charge is 0.341 e. The minimum Gasteiger partial charge on any atom is -0.341 e. The summed E-state index contributed by atoms with van der Waals surface area (Å²) in [4.78, 5) is 11.2. The molecule has 0 aliphatic heterocycles. The van der Waals surface area contributed by atoms with E-state index in [0.717, 1.165) is 24.5 Å². The standard InChI is InChI=1S/C14H22N4/c1-10(12-3-4-12)18(2)14-16-8-11(9-17-14)7-15-13-5-6-13/h8-10,12-13,15H,3-7H2,1-2H3. The SMILES string of the molecule is CC(C1CC1)N(C)c1ncc(CNC2CC2)cn1. The number of rotatable bonds is 6. The molecular weight excluding hydrogens is 224 g/mol. The summed E-state index contributed by atoms with van der Waals surface area (Å²) in [5.41, 5.74) is 1.18. The Balaban J connectivity index is 1.58. The normalized spacial score (nSPS) is 20.8. The third-order valence-electron chi connectivity index (χ3n) is 4.09. The molecule has 4 nitrogen and oxygen atoms in total. The molecule has 1 heterocycles. The van der Waals surface area contributed by atoms with Gasteiger partial charge in [-0.3, -0.25) is 0 Å². The van der Waals surface area contributed by atoms with Gasteiger partial charge in [-0.15, -0.1) is 0 Å². The van der Waals surface area contributed by atoms with Gasteiger partial charge < -0.3 is 10.2 Å². The van der Waals surface area contributed by atoms with Gasteiger partial charge in [0.2, 0.25) is 5.95 Å². The second-order valence-corrected chi connectivity index (χ2v) is 5.74. The molecule has 0 amide bonds. The van der Waals surface area contributed by atoms with Crippen LogP contribution in [0.15, 0.2) is 12.4 Å². The zero-order chi connectivity index (χ0) is 12.5. The summed E-state index contributed by atoms with van der Waals surface area (Å²) in [5, 5.41) is 3.48. The maximum atomic E-state index is 4.48. The Morgan fingerprint density at radius 1 is 1.28 bits per heavy atom. The van der Waals surface area contributed by atoms with Crippen LogP contribution in [0.4, 0.5) is 5.95 Å². The van der Waals surface area contributed by atoms with Gasteiger partial charge in [0, 0.05) is 43.6 Å². The average molecular weight is 246 g/mol. The highest BCUT2D eigenvalue weighted by atomic mass is 15.2. The van der Waals surface area contributed by atoms with Gasteiger partial charge in [-0.1, -0.05) is 0 Å². The number of aromatic nitrogens is 2. The molecule has 2 fully saturated rings. The van der Waals surface area contributed by atoms with Gasteiger partial charge in [-0.25, -0.2) is 9.97 Å². The molecule has 18 heavy (non-hydrogen) atoms. The van der Waals surface area contributed by atoms with E-state index in [1.165, 1.54) is 31.2 Å². The molecule has 2 saturated carbocycles. The number of nitrogens with zero attached hydrogens (tertiary/aromatic N) is 3. The Labute approximate surface area is 109 Å². The second kappa shape index (κ2) is 4.84. The van der Waals surface area contributed by atoms with Gasteiger partial charge in [-0.2, -0.15) is 0 Å². The van der Waals surface area contributed by atoms with Crippen LogP contribution in [-0.2, 0) is 6.54 Å². The van der Waals surface area contributed by atoms with E-state index < -0.39 is 0 Å². The van der Waals surface area contributed by atoms with E-state index in [1.54, 1.807) is 0 Å². The fourth-order valence-electron chi connectivity index (χ4n) is 2.25. The van der Waals surface area contributed by atoms with Crippen LogP contribution in [0.5, 0.6) is 0 Å². The molecule has 98 valence electrons. The lowest BCUT2D eigenvalue weighted by Crippen LogP contribution is -2.32. The highest BCUT2D eigenvalue weighted by molar-refractivity contribution is 5.30. The highest BCUT2D eigenvalue weighted by Gasteiger charge is 2.31. The van der Waals surface area contributed by atoms with Crippen LogP contribution < -0.4 is 10.2 Å². The topological polar surface area (TPSA) is 41.1 Å². The van der Waals surface area contributed by atoms with Crippen molar-refractivity contribution in [3.63, 3.8) is 0 Å². The molecule has 3 rings (SSSR count). The van der Waals surface area contributed by atoms with Crippen LogP contribution >= 0.6 is 0 Å². The zero-order valence-corrected chi connectivity index (χ0v) is 11.3. The molecule has 2 aliphatic carbocycles. The maximum Gasteiger partial charge on any atom is 0.225 e. The monoisotopic (exact) mass is 246 g/mol. The first-order valence-corrected chi connectivity index (χ1v) is 7.01. The smallest absolute Gasteiger partial charge is 0.225 e. The first kappa shape index (κ1) is 11.9. The Bertz CT molecular complexity index is 395. The van der Waals surface area contributed by atoms with Crippen LogP contribution in [0.25, 0.3) is 0 Å². The second-order valence-electron chi connectivity index (χ2n) is 5.74. The van der Waals surface area contributed by atoms with Gasteiger partial charge in [-0.05, 0) is 38.5 Å². The first-order chi connectivity index (χ1) is 8.74. The van der Waals surface area contributed by atoms with E-state index in [4.69, 9.17) is 0 Å². The molecule has 4 heteroatoms. The fraction of sp³-hybridized carbons (Fsp3) is 0.714. The molecule has 0 bridgehead atoms. The lowest BCUT2D eigenvalue weighted by molar-refractivity contribution is 0.596. The van der Waals surface area contributed by atoms with Crippen LogP contribution in [0.3, 0.4) is 0 Å². The molecule has 2 aliphatic rings. The fourth-order valence-corrected chi connectivity index (χ4v) is 2.25. The van der Waals surface area contributed by atoms with E-state index >= 15 is 0 Å². The molecule has 1 N–H and O–H groups in total. The summed E-state index contributed by atoms with van der Waals surface area (Å²) in [6.07, 6.45) is 9.26. The van der Waals surface area contributed by atoms with Crippen molar-refractivity contribution in [3.8, 4) is 0 Å². The Kier molecular flexibility index (Phi) is 3.20. The average Bonchev–Trinajstić information content (AvgIpc) is 3.29. The number of hydrogen-bond donors (Lipinski definition) is 1. The van der Waals surface area contributed by atoms with Gasteiger partial charge in [0.15, 0.2) is 0 Å². The number of hydrogen-bond acceptors (Lipinski definition) is 4. The lowest BCUT2D eigenvalue weighted by Gasteiger charge is -2.24. The molecule has 0 spiro atoms.